The van der Waals surface area contributed by atoms with Gasteiger partial charge in [-0.3, -0.25) is 9.89 Å². The first kappa shape index (κ1) is 12.5. The molecule has 1 heterocycles. The number of benzene rings is 1. The van der Waals surface area contributed by atoms with E-state index in [1.54, 1.807) is 6.20 Å². The number of H-pyrrole nitrogens is 1. The number of amides is 1. The molecule has 6 heteroatoms. The zero-order chi connectivity index (χ0) is 12.8. The maximum atomic E-state index is 11.6. The fourth-order valence-corrected chi connectivity index (χ4v) is 1.67. The van der Waals surface area contributed by atoms with E-state index in [2.05, 4.69) is 20.8 Å². The second-order valence-corrected chi connectivity index (χ2v) is 4.01. The molecule has 0 saturated heterocycles. The van der Waals surface area contributed by atoms with Gasteiger partial charge in [-0.15, -0.1) is 0 Å². The number of aromatic amines is 1. The number of carbonyl (C=O) groups excluding carboxylic acids is 1. The minimum atomic E-state index is -0.0117. The molecule has 0 unspecified atom stereocenters. The van der Waals surface area contributed by atoms with Crippen LogP contribution in [0.5, 0.6) is 0 Å². The number of rotatable bonds is 6. The lowest BCUT2D eigenvalue weighted by Gasteiger charge is -2.06. The molecule has 2 rings (SSSR count). The molecule has 0 aliphatic heterocycles. The van der Waals surface area contributed by atoms with E-state index in [4.69, 9.17) is 5.73 Å². The second kappa shape index (κ2) is 6.13. The Labute approximate surface area is 105 Å². The van der Waals surface area contributed by atoms with Gasteiger partial charge in [-0.05, 0) is 18.2 Å². The van der Waals surface area contributed by atoms with Crippen LogP contribution in [-0.4, -0.2) is 35.7 Å². The quantitative estimate of drug-likeness (QED) is 0.557. The molecular formula is C12H17N5O. The molecule has 0 saturated carbocycles. The van der Waals surface area contributed by atoms with E-state index in [1.807, 2.05) is 18.2 Å². The van der Waals surface area contributed by atoms with Gasteiger partial charge in [-0.25, -0.2) is 0 Å². The van der Waals surface area contributed by atoms with E-state index >= 15 is 0 Å². The van der Waals surface area contributed by atoms with Gasteiger partial charge < -0.3 is 16.4 Å². The van der Waals surface area contributed by atoms with Crippen molar-refractivity contribution in [3.63, 3.8) is 0 Å². The first-order valence-electron chi connectivity index (χ1n) is 5.93. The van der Waals surface area contributed by atoms with Gasteiger partial charge in [0, 0.05) is 37.1 Å². The third kappa shape index (κ3) is 3.28. The van der Waals surface area contributed by atoms with Gasteiger partial charge in [0.15, 0.2) is 0 Å². The smallest absolute Gasteiger partial charge is 0.225 e. The van der Waals surface area contributed by atoms with Crippen LogP contribution in [0.25, 0.3) is 10.9 Å². The molecule has 0 bridgehead atoms. The summed E-state index contributed by atoms with van der Waals surface area (Å²) in [7, 11) is 0. The number of carbonyl (C=O) groups is 1. The molecule has 1 aromatic carbocycles. The number of aromatic nitrogens is 2. The Morgan fingerprint density at radius 2 is 2.28 bits per heavy atom. The summed E-state index contributed by atoms with van der Waals surface area (Å²) in [5, 5.41) is 13.7. The number of hydrogen-bond donors (Lipinski definition) is 4. The number of nitrogens with two attached hydrogens (primary N) is 1. The zero-order valence-corrected chi connectivity index (χ0v) is 10.1. The molecule has 0 radical (unpaired) electrons. The fourth-order valence-electron chi connectivity index (χ4n) is 1.67. The minimum absolute atomic E-state index is 0.0117. The highest BCUT2D eigenvalue weighted by Gasteiger charge is 2.03. The van der Waals surface area contributed by atoms with Crippen molar-refractivity contribution < 1.29 is 4.79 Å². The Balaban J connectivity index is 1.86. The number of hydrogen-bond acceptors (Lipinski definition) is 4. The van der Waals surface area contributed by atoms with Crippen molar-refractivity contribution in [3.05, 3.63) is 24.4 Å². The number of fused-ring (bicyclic) bond motifs is 1. The Bertz CT molecular complexity index is 522. The van der Waals surface area contributed by atoms with Crippen LogP contribution in [0.3, 0.4) is 0 Å². The van der Waals surface area contributed by atoms with E-state index in [1.165, 1.54) is 0 Å². The van der Waals surface area contributed by atoms with Crippen LogP contribution in [0.2, 0.25) is 0 Å². The van der Waals surface area contributed by atoms with E-state index < -0.39 is 0 Å². The monoisotopic (exact) mass is 247 g/mol. The predicted molar refractivity (Wildman–Crippen MR) is 71.3 cm³/mol. The minimum Gasteiger partial charge on any atom is -0.329 e. The maximum absolute atomic E-state index is 11.6. The lowest BCUT2D eigenvalue weighted by molar-refractivity contribution is -0.116. The van der Waals surface area contributed by atoms with E-state index in [0.29, 0.717) is 19.5 Å². The van der Waals surface area contributed by atoms with Crippen molar-refractivity contribution in [1.29, 1.82) is 0 Å². The Kier molecular flexibility index (Phi) is 4.27. The van der Waals surface area contributed by atoms with Gasteiger partial charge in [0.05, 0.1) is 11.7 Å². The Morgan fingerprint density at radius 1 is 1.39 bits per heavy atom. The van der Waals surface area contributed by atoms with Crippen molar-refractivity contribution in [1.82, 2.24) is 15.5 Å². The highest BCUT2D eigenvalue weighted by Crippen LogP contribution is 2.16. The SMILES string of the molecule is NCCNCCC(=O)Nc1ccc2[nH]ncc2c1. The van der Waals surface area contributed by atoms with Crippen molar-refractivity contribution in [2.45, 2.75) is 6.42 Å². The third-order valence-corrected chi connectivity index (χ3v) is 2.57. The molecule has 18 heavy (non-hydrogen) atoms. The number of nitrogens with zero attached hydrogens (tertiary/aromatic N) is 1. The standard InChI is InChI=1S/C12H17N5O/c13-4-6-14-5-3-12(18)16-10-1-2-11-9(7-10)8-15-17-11/h1-2,7-8,14H,3-6,13H2,(H,15,17)(H,16,18). The Morgan fingerprint density at radius 3 is 3.11 bits per heavy atom. The average Bonchev–Trinajstić information content (AvgIpc) is 2.82. The van der Waals surface area contributed by atoms with Gasteiger partial charge in [-0.2, -0.15) is 5.10 Å². The molecule has 1 amide bonds. The molecule has 96 valence electrons. The molecule has 0 fully saturated rings. The van der Waals surface area contributed by atoms with Crippen LogP contribution in [-0.2, 0) is 4.79 Å². The number of anilines is 1. The van der Waals surface area contributed by atoms with Crippen molar-refractivity contribution in [3.8, 4) is 0 Å². The van der Waals surface area contributed by atoms with Crippen molar-refractivity contribution in [2.24, 2.45) is 5.73 Å². The summed E-state index contributed by atoms with van der Waals surface area (Å²) in [5.74, 6) is -0.0117. The summed E-state index contributed by atoms with van der Waals surface area (Å²) in [6.45, 7) is 1.95. The maximum Gasteiger partial charge on any atom is 0.225 e. The lowest BCUT2D eigenvalue weighted by atomic mass is 10.2. The molecule has 5 N–H and O–H groups in total. The molecule has 0 aliphatic rings. The number of nitrogens with one attached hydrogen (secondary N) is 3. The molecular weight excluding hydrogens is 230 g/mol. The molecule has 0 spiro atoms. The van der Waals surface area contributed by atoms with Gasteiger partial charge in [0.25, 0.3) is 0 Å². The van der Waals surface area contributed by atoms with Crippen LogP contribution in [0.1, 0.15) is 6.42 Å². The molecule has 0 aliphatic carbocycles. The van der Waals surface area contributed by atoms with E-state index in [0.717, 1.165) is 23.1 Å². The summed E-state index contributed by atoms with van der Waals surface area (Å²) < 4.78 is 0. The van der Waals surface area contributed by atoms with Gasteiger partial charge >= 0.3 is 0 Å². The fraction of sp³-hybridized carbons (Fsp3) is 0.333. The van der Waals surface area contributed by atoms with Crippen LogP contribution in [0, 0.1) is 0 Å². The van der Waals surface area contributed by atoms with Gasteiger partial charge in [-0.1, -0.05) is 0 Å². The second-order valence-electron chi connectivity index (χ2n) is 4.01. The van der Waals surface area contributed by atoms with Crippen molar-refractivity contribution >= 4 is 22.5 Å². The molecule has 0 atom stereocenters. The van der Waals surface area contributed by atoms with E-state index in [9.17, 15) is 4.79 Å². The summed E-state index contributed by atoms with van der Waals surface area (Å²) in [6.07, 6.45) is 2.16. The summed E-state index contributed by atoms with van der Waals surface area (Å²) in [4.78, 5) is 11.6. The largest absolute Gasteiger partial charge is 0.329 e. The van der Waals surface area contributed by atoms with Crippen LogP contribution >= 0.6 is 0 Å². The van der Waals surface area contributed by atoms with Crippen LogP contribution < -0.4 is 16.4 Å². The highest BCUT2D eigenvalue weighted by molar-refractivity contribution is 5.93. The Hall–Kier alpha value is -1.92. The molecule has 1 aromatic heterocycles. The third-order valence-electron chi connectivity index (χ3n) is 2.57. The first-order valence-corrected chi connectivity index (χ1v) is 5.93. The highest BCUT2D eigenvalue weighted by atomic mass is 16.1. The molecule has 6 nitrogen and oxygen atoms in total. The van der Waals surface area contributed by atoms with Gasteiger partial charge in [0.1, 0.15) is 0 Å². The van der Waals surface area contributed by atoms with Crippen LogP contribution in [0.15, 0.2) is 24.4 Å². The van der Waals surface area contributed by atoms with Crippen LogP contribution in [0.4, 0.5) is 5.69 Å². The van der Waals surface area contributed by atoms with E-state index in [-0.39, 0.29) is 5.91 Å². The first-order chi connectivity index (χ1) is 8.79. The topological polar surface area (TPSA) is 95.8 Å². The normalized spacial score (nSPS) is 10.7. The zero-order valence-electron chi connectivity index (χ0n) is 10.1. The summed E-state index contributed by atoms with van der Waals surface area (Å²) >= 11 is 0. The van der Waals surface area contributed by atoms with Gasteiger partial charge in [0.2, 0.25) is 5.91 Å². The van der Waals surface area contributed by atoms with Crippen molar-refractivity contribution in [2.75, 3.05) is 25.0 Å². The summed E-state index contributed by atoms with van der Waals surface area (Å²) in [5.41, 5.74) is 7.08. The lowest BCUT2D eigenvalue weighted by Crippen LogP contribution is -2.26. The summed E-state index contributed by atoms with van der Waals surface area (Å²) in [6, 6.07) is 5.64. The average molecular weight is 247 g/mol. The predicted octanol–water partition coefficient (Wildman–Crippen LogP) is 0.440. The molecule has 2 aromatic rings.